The van der Waals surface area contributed by atoms with Crippen LogP contribution in [0.15, 0.2) is 84.9 Å². The van der Waals surface area contributed by atoms with Crippen molar-refractivity contribution in [3.8, 4) is 0 Å². The van der Waals surface area contributed by atoms with Crippen LogP contribution in [0, 0.1) is 0 Å². The minimum absolute atomic E-state index is 0.0190. The Labute approximate surface area is 170 Å². The molecule has 0 radical (unpaired) electrons. The second kappa shape index (κ2) is 7.47. The number of H-pyrrole nitrogens is 1. The van der Waals surface area contributed by atoms with Gasteiger partial charge in [-0.2, -0.15) is 0 Å². The molecular weight excluding hydrogens is 358 g/mol. The molecule has 1 aromatic heterocycles. The van der Waals surface area contributed by atoms with Crippen LogP contribution >= 0.6 is 0 Å². The van der Waals surface area contributed by atoms with E-state index < -0.39 is 0 Å². The molecule has 1 aliphatic rings. The molecule has 4 nitrogen and oxygen atoms in total. The molecule has 1 amide bonds. The molecule has 0 bridgehead atoms. The highest BCUT2D eigenvalue weighted by Gasteiger charge is 2.24. The van der Waals surface area contributed by atoms with Gasteiger partial charge in [0, 0.05) is 34.9 Å². The Morgan fingerprint density at radius 1 is 0.897 bits per heavy atom. The van der Waals surface area contributed by atoms with Crippen LogP contribution in [-0.4, -0.2) is 16.9 Å². The number of carbonyl (C=O) groups is 1. The first-order chi connectivity index (χ1) is 14.3. The number of carbonyl (C=O) groups excluding carboxylic acids is 1. The van der Waals surface area contributed by atoms with E-state index in [-0.39, 0.29) is 5.91 Å². The maximum Gasteiger partial charge on any atom is 0.267 e. The van der Waals surface area contributed by atoms with Crippen molar-refractivity contribution in [3.63, 3.8) is 0 Å². The van der Waals surface area contributed by atoms with Crippen LogP contribution in [0.2, 0.25) is 0 Å². The van der Waals surface area contributed by atoms with E-state index in [9.17, 15) is 4.79 Å². The lowest BCUT2D eigenvalue weighted by atomic mass is 10.1. The van der Waals surface area contributed by atoms with Crippen molar-refractivity contribution < 1.29 is 4.79 Å². The fourth-order valence-corrected chi connectivity index (χ4v) is 3.61. The Morgan fingerprint density at radius 2 is 1.62 bits per heavy atom. The third kappa shape index (κ3) is 3.87. The second-order valence-electron chi connectivity index (χ2n) is 7.61. The number of hydrogen-bond donors (Lipinski definition) is 2. The summed E-state index contributed by atoms with van der Waals surface area (Å²) in [7, 11) is 0. The number of aromatic amines is 1. The van der Waals surface area contributed by atoms with Crippen molar-refractivity contribution in [3.05, 3.63) is 96.2 Å². The zero-order valence-corrected chi connectivity index (χ0v) is 16.1. The monoisotopic (exact) mass is 381 g/mol. The van der Waals surface area contributed by atoms with E-state index in [2.05, 4.69) is 81.9 Å². The standard InChI is InChI=1S/C25H23N3O/c29-25(26-20-11-12-20)24-16-19-15-22(13-14-23(19)27-24)28(21-9-5-2-6-10-21)17-18-7-3-1-4-8-18/h1-10,13-16,20,27H,11-12,17H2,(H,26,29). The summed E-state index contributed by atoms with van der Waals surface area (Å²) in [6.45, 7) is 0.774. The fraction of sp³-hybridized carbons (Fsp3) is 0.160. The molecule has 1 fully saturated rings. The summed E-state index contributed by atoms with van der Waals surface area (Å²) < 4.78 is 0. The first kappa shape index (κ1) is 17.6. The number of rotatable bonds is 6. The number of anilines is 2. The van der Waals surface area contributed by atoms with Gasteiger partial charge in [0.1, 0.15) is 5.69 Å². The normalized spacial score (nSPS) is 13.4. The van der Waals surface area contributed by atoms with Crippen molar-refractivity contribution in [1.29, 1.82) is 0 Å². The molecule has 5 rings (SSSR count). The molecular formula is C25H23N3O. The Balaban J connectivity index is 1.50. The molecule has 0 spiro atoms. The fourth-order valence-electron chi connectivity index (χ4n) is 3.61. The number of hydrogen-bond acceptors (Lipinski definition) is 2. The summed E-state index contributed by atoms with van der Waals surface area (Å²) in [5.74, 6) is -0.0190. The van der Waals surface area contributed by atoms with Gasteiger partial charge in [-0.3, -0.25) is 4.79 Å². The predicted molar refractivity (Wildman–Crippen MR) is 118 cm³/mol. The minimum atomic E-state index is -0.0190. The molecule has 2 N–H and O–H groups in total. The number of nitrogens with one attached hydrogen (secondary N) is 2. The summed E-state index contributed by atoms with van der Waals surface area (Å²) in [6.07, 6.45) is 2.17. The van der Waals surface area contributed by atoms with E-state index in [1.165, 1.54) is 5.56 Å². The van der Waals surface area contributed by atoms with E-state index in [0.29, 0.717) is 11.7 Å². The molecule has 1 heterocycles. The molecule has 3 aromatic carbocycles. The van der Waals surface area contributed by atoms with Crippen LogP contribution in [0.3, 0.4) is 0 Å². The third-order valence-corrected chi connectivity index (χ3v) is 5.32. The van der Waals surface area contributed by atoms with Crippen molar-refractivity contribution in [1.82, 2.24) is 10.3 Å². The number of amides is 1. The van der Waals surface area contributed by atoms with Crippen molar-refractivity contribution >= 4 is 28.2 Å². The molecule has 1 aliphatic carbocycles. The van der Waals surface area contributed by atoms with Gasteiger partial charge in [-0.1, -0.05) is 48.5 Å². The highest BCUT2D eigenvalue weighted by molar-refractivity contribution is 5.99. The van der Waals surface area contributed by atoms with Crippen molar-refractivity contribution in [2.75, 3.05) is 4.90 Å². The summed E-state index contributed by atoms with van der Waals surface area (Å²) in [5, 5.41) is 4.09. The molecule has 4 aromatic rings. The number of benzene rings is 3. The topological polar surface area (TPSA) is 48.1 Å². The van der Waals surface area contributed by atoms with Gasteiger partial charge >= 0.3 is 0 Å². The zero-order valence-electron chi connectivity index (χ0n) is 16.1. The highest BCUT2D eigenvalue weighted by Crippen LogP contribution is 2.30. The minimum Gasteiger partial charge on any atom is -0.351 e. The van der Waals surface area contributed by atoms with E-state index in [0.717, 1.165) is 41.7 Å². The van der Waals surface area contributed by atoms with Gasteiger partial charge in [0.05, 0.1) is 0 Å². The molecule has 4 heteroatoms. The first-order valence-electron chi connectivity index (χ1n) is 10.1. The molecule has 0 unspecified atom stereocenters. The van der Waals surface area contributed by atoms with Gasteiger partial charge in [0.15, 0.2) is 0 Å². The number of para-hydroxylation sites is 1. The van der Waals surface area contributed by atoms with Gasteiger partial charge in [-0.25, -0.2) is 0 Å². The van der Waals surface area contributed by atoms with E-state index >= 15 is 0 Å². The maximum absolute atomic E-state index is 12.4. The summed E-state index contributed by atoms with van der Waals surface area (Å²) in [5.41, 5.74) is 5.08. The molecule has 0 aliphatic heterocycles. The van der Waals surface area contributed by atoms with Crippen LogP contribution in [-0.2, 0) is 6.54 Å². The third-order valence-electron chi connectivity index (χ3n) is 5.32. The Bertz CT molecular complexity index is 1130. The number of fused-ring (bicyclic) bond motifs is 1. The van der Waals surface area contributed by atoms with E-state index in [1.807, 2.05) is 18.2 Å². The average Bonchev–Trinajstić information content (AvgIpc) is 3.47. The quantitative estimate of drug-likeness (QED) is 0.470. The molecule has 144 valence electrons. The van der Waals surface area contributed by atoms with Gasteiger partial charge in [-0.05, 0) is 54.8 Å². The van der Waals surface area contributed by atoms with E-state index in [1.54, 1.807) is 0 Å². The van der Waals surface area contributed by atoms with E-state index in [4.69, 9.17) is 0 Å². The Kier molecular flexibility index (Phi) is 4.53. The Hall–Kier alpha value is -3.53. The maximum atomic E-state index is 12.4. The number of nitrogens with zero attached hydrogens (tertiary/aromatic N) is 1. The van der Waals surface area contributed by atoms with Crippen molar-refractivity contribution in [2.24, 2.45) is 0 Å². The average molecular weight is 381 g/mol. The molecule has 29 heavy (non-hydrogen) atoms. The zero-order chi connectivity index (χ0) is 19.6. The largest absolute Gasteiger partial charge is 0.351 e. The first-order valence-corrected chi connectivity index (χ1v) is 10.1. The SMILES string of the molecule is O=C(NC1CC1)c1cc2cc(N(Cc3ccccc3)c3ccccc3)ccc2[nH]1. The van der Waals surface area contributed by atoms with Crippen molar-refractivity contribution in [2.45, 2.75) is 25.4 Å². The van der Waals surface area contributed by atoms with Crippen LogP contribution in [0.4, 0.5) is 11.4 Å². The molecule has 0 atom stereocenters. The van der Waals surface area contributed by atoms with Crippen LogP contribution in [0.25, 0.3) is 10.9 Å². The van der Waals surface area contributed by atoms with Gasteiger partial charge < -0.3 is 15.2 Å². The lowest BCUT2D eigenvalue weighted by Crippen LogP contribution is -2.25. The molecule has 0 saturated heterocycles. The van der Waals surface area contributed by atoms with Crippen LogP contribution in [0.1, 0.15) is 28.9 Å². The summed E-state index contributed by atoms with van der Waals surface area (Å²) in [6, 6.07) is 29.5. The van der Waals surface area contributed by atoms with Gasteiger partial charge in [-0.15, -0.1) is 0 Å². The molecule has 1 saturated carbocycles. The summed E-state index contributed by atoms with van der Waals surface area (Å²) >= 11 is 0. The van der Waals surface area contributed by atoms with Gasteiger partial charge in [0.25, 0.3) is 5.91 Å². The lowest BCUT2D eigenvalue weighted by molar-refractivity contribution is 0.0947. The highest BCUT2D eigenvalue weighted by atomic mass is 16.2. The summed E-state index contributed by atoms with van der Waals surface area (Å²) in [4.78, 5) is 17.9. The smallest absolute Gasteiger partial charge is 0.267 e. The number of aromatic nitrogens is 1. The predicted octanol–water partition coefficient (Wildman–Crippen LogP) is 5.40. The second-order valence-corrected chi connectivity index (χ2v) is 7.61. The Morgan fingerprint density at radius 3 is 2.34 bits per heavy atom. The van der Waals surface area contributed by atoms with Gasteiger partial charge in [0.2, 0.25) is 0 Å². The van der Waals surface area contributed by atoms with Crippen LogP contribution < -0.4 is 10.2 Å². The lowest BCUT2D eigenvalue weighted by Gasteiger charge is -2.25. The van der Waals surface area contributed by atoms with Crippen LogP contribution in [0.5, 0.6) is 0 Å².